The second kappa shape index (κ2) is 3.74. The monoisotopic (exact) mass is 187 g/mol. The number of aliphatic hydroxyl groups is 1. The fraction of sp³-hybridized carbons (Fsp3) is 0.889. The smallest absolute Gasteiger partial charge is 0.122 e. The number of carbonyl (C=O) groups excluding carboxylic acids is 1. The van der Waals surface area contributed by atoms with Crippen LogP contribution in [0.5, 0.6) is 0 Å². The van der Waals surface area contributed by atoms with Crippen molar-refractivity contribution in [2.45, 2.75) is 25.4 Å². The molecule has 0 aromatic carbocycles. The lowest BCUT2D eigenvalue weighted by Gasteiger charge is -2.39. The van der Waals surface area contributed by atoms with Crippen molar-refractivity contribution in [2.75, 3.05) is 19.8 Å². The van der Waals surface area contributed by atoms with Crippen molar-refractivity contribution in [3.63, 3.8) is 0 Å². The molecule has 3 N–H and O–H groups in total. The normalized spacial score (nSPS) is 32.8. The minimum absolute atomic E-state index is 0.119. The van der Waals surface area contributed by atoms with Gasteiger partial charge in [0.2, 0.25) is 0 Å². The molecule has 2 unspecified atom stereocenters. The molecule has 76 valence electrons. The van der Waals surface area contributed by atoms with E-state index in [4.69, 9.17) is 10.5 Å². The summed E-state index contributed by atoms with van der Waals surface area (Å²) in [6.45, 7) is 3.08. The maximum Gasteiger partial charge on any atom is 0.122 e. The van der Waals surface area contributed by atoms with Crippen molar-refractivity contribution >= 4 is 6.29 Å². The molecule has 0 saturated carbocycles. The third-order valence-corrected chi connectivity index (χ3v) is 3.12. The molecule has 0 aromatic rings. The molecule has 2 atom stereocenters. The first-order chi connectivity index (χ1) is 6.08. The van der Waals surface area contributed by atoms with E-state index in [1.165, 1.54) is 0 Å². The van der Waals surface area contributed by atoms with E-state index in [1.807, 2.05) is 0 Å². The first-order valence-electron chi connectivity index (χ1n) is 4.52. The Morgan fingerprint density at radius 1 is 1.77 bits per heavy atom. The predicted octanol–water partition coefficient (Wildman–Crippen LogP) is -0.308. The zero-order chi connectivity index (χ0) is 9.95. The van der Waals surface area contributed by atoms with Crippen molar-refractivity contribution in [1.82, 2.24) is 0 Å². The Labute approximate surface area is 78.1 Å². The van der Waals surface area contributed by atoms with Crippen LogP contribution in [0.2, 0.25) is 0 Å². The van der Waals surface area contributed by atoms with Gasteiger partial charge in [-0.3, -0.25) is 0 Å². The highest BCUT2D eigenvalue weighted by Crippen LogP contribution is 2.40. The summed E-state index contributed by atoms with van der Waals surface area (Å²) >= 11 is 0. The van der Waals surface area contributed by atoms with Gasteiger partial charge in [-0.2, -0.15) is 0 Å². The van der Waals surface area contributed by atoms with Gasteiger partial charge < -0.3 is 20.4 Å². The Hall–Kier alpha value is -0.450. The molecule has 1 rings (SSSR count). The molecule has 1 aliphatic heterocycles. The van der Waals surface area contributed by atoms with Crippen LogP contribution in [-0.2, 0) is 9.53 Å². The average Bonchev–Trinajstić information content (AvgIpc) is 2.53. The summed E-state index contributed by atoms with van der Waals surface area (Å²) in [7, 11) is 0. The molecular formula is C9H17NO3. The van der Waals surface area contributed by atoms with Crippen LogP contribution in [0.15, 0.2) is 0 Å². The number of hydrogen-bond acceptors (Lipinski definition) is 4. The van der Waals surface area contributed by atoms with Crippen molar-refractivity contribution in [3.8, 4) is 0 Å². The van der Waals surface area contributed by atoms with Gasteiger partial charge in [-0.1, -0.05) is 0 Å². The molecule has 0 amide bonds. The molecule has 1 heterocycles. The summed E-state index contributed by atoms with van der Waals surface area (Å²) in [6.07, 6.45) is 1.58. The summed E-state index contributed by atoms with van der Waals surface area (Å²) < 4.78 is 5.23. The average molecular weight is 187 g/mol. The third kappa shape index (κ3) is 1.75. The third-order valence-electron chi connectivity index (χ3n) is 3.12. The molecule has 1 aliphatic rings. The highest BCUT2D eigenvalue weighted by atomic mass is 16.5. The van der Waals surface area contributed by atoms with Crippen molar-refractivity contribution < 1.29 is 14.6 Å². The summed E-state index contributed by atoms with van der Waals surface area (Å²) in [5, 5.41) is 10.1. The highest BCUT2D eigenvalue weighted by molar-refractivity contribution is 5.51. The minimum atomic E-state index is -1.04. The van der Waals surface area contributed by atoms with Gasteiger partial charge in [0.15, 0.2) is 0 Å². The van der Waals surface area contributed by atoms with E-state index in [2.05, 4.69) is 0 Å². The molecule has 4 heteroatoms. The van der Waals surface area contributed by atoms with Gasteiger partial charge in [-0.25, -0.2) is 0 Å². The molecular weight excluding hydrogens is 170 g/mol. The Balaban J connectivity index is 2.79. The molecule has 0 aromatic heterocycles. The van der Waals surface area contributed by atoms with E-state index in [-0.39, 0.29) is 6.42 Å². The van der Waals surface area contributed by atoms with E-state index in [9.17, 15) is 9.90 Å². The molecule has 0 spiro atoms. The fourth-order valence-electron chi connectivity index (χ4n) is 1.79. The Kier molecular flexibility index (Phi) is 3.05. The van der Waals surface area contributed by atoms with E-state index < -0.39 is 11.0 Å². The van der Waals surface area contributed by atoms with Gasteiger partial charge in [-0.05, 0) is 13.3 Å². The van der Waals surface area contributed by atoms with Gasteiger partial charge in [0.25, 0.3) is 0 Å². The number of nitrogens with two attached hydrogens (primary N) is 1. The highest BCUT2D eigenvalue weighted by Gasteiger charge is 2.48. The zero-order valence-electron chi connectivity index (χ0n) is 7.95. The molecule has 0 radical (unpaired) electrons. The Morgan fingerprint density at radius 2 is 2.46 bits per heavy atom. The predicted molar refractivity (Wildman–Crippen MR) is 48.2 cm³/mol. The fourth-order valence-corrected chi connectivity index (χ4v) is 1.79. The van der Waals surface area contributed by atoms with Crippen molar-refractivity contribution in [2.24, 2.45) is 11.1 Å². The number of aldehydes is 1. The molecule has 0 bridgehead atoms. The second-order valence-corrected chi connectivity index (χ2v) is 3.93. The van der Waals surface area contributed by atoms with Crippen molar-refractivity contribution in [1.29, 1.82) is 0 Å². The van der Waals surface area contributed by atoms with Gasteiger partial charge in [0.1, 0.15) is 6.29 Å². The summed E-state index contributed by atoms with van der Waals surface area (Å²) in [5.74, 6) is 0. The van der Waals surface area contributed by atoms with Gasteiger partial charge in [0, 0.05) is 25.0 Å². The van der Waals surface area contributed by atoms with Crippen LogP contribution in [0.1, 0.15) is 19.8 Å². The van der Waals surface area contributed by atoms with Crippen LogP contribution < -0.4 is 5.73 Å². The van der Waals surface area contributed by atoms with Gasteiger partial charge in [-0.15, -0.1) is 0 Å². The van der Waals surface area contributed by atoms with Gasteiger partial charge in [0.05, 0.1) is 12.2 Å². The summed E-state index contributed by atoms with van der Waals surface area (Å²) in [4.78, 5) is 10.4. The van der Waals surface area contributed by atoms with E-state index in [0.717, 1.165) is 12.7 Å². The molecule has 13 heavy (non-hydrogen) atoms. The van der Waals surface area contributed by atoms with Crippen LogP contribution in [0.25, 0.3) is 0 Å². The number of ether oxygens (including phenoxy) is 1. The Morgan fingerprint density at radius 3 is 2.85 bits per heavy atom. The number of hydrogen-bond donors (Lipinski definition) is 2. The number of carbonyl (C=O) groups is 1. The molecule has 1 fully saturated rings. The summed E-state index contributed by atoms with van der Waals surface area (Å²) in [6, 6.07) is 0. The lowest BCUT2D eigenvalue weighted by molar-refractivity contribution is -0.120. The van der Waals surface area contributed by atoms with E-state index in [0.29, 0.717) is 19.8 Å². The SMILES string of the molecule is CC(O)(CC=O)C1(CN)CCOC1. The Bertz CT molecular complexity index is 185. The van der Waals surface area contributed by atoms with Crippen molar-refractivity contribution in [3.05, 3.63) is 0 Å². The first-order valence-corrected chi connectivity index (χ1v) is 4.52. The largest absolute Gasteiger partial charge is 0.389 e. The van der Waals surface area contributed by atoms with Crippen LogP contribution >= 0.6 is 0 Å². The second-order valence-electron chi connectivity index (χ2n) is 3.93. The first kappa shape index (κ1) is 10.6. The topological polar surface area (TPSA) is 72.5 Å². The van der Waals surface area contributed by atoms with Crippen LogP contribution in [-0.4, -0.2) is 36.8 Å². The lowest BCUT2D eigenvalue weighted by atomic mass is 9.71. The quantitative estimate of drug-likeness (QED) is 0.592. The van der Waals surface area contributed by atoms with Crippen LogP contribution in [0.3, 0.4) is 0 Å². The van der Waals surface area contributed by atoms with E-state index >= 15 is 0 Å². The zero-order valence-corrected chi connectivity index (χ0v) is 7.95. The van der Waals surface area contributed by atoms with Gasteiger partial charge >= 0.3 is 0 Å². The lowest BCUT2D eigenvalue weighted by Crippen LogP contribution is -2.51. The van der Waals surface area contributed by atoms with Crippen LogP contribution in [0, 0.1) is 5.41 Å². The molecule has 4 nitrogen and oxygen atoms in total. The summed E-state index contributed by atoms with van der Waals surface area (Å²) in [5.41, 5.74) is 4.15. The molecule has 1 saturated heterocycles. The maximum absolute atomic E-state index is 10.4. The van der Waals surface area contributed by atoms with E-state index in [1.54, 1.807) is 6.92 Å². The standard InChI is InChI=1S/C9H17NO3/c1-8(12,2-4-11)9(6-10)3-5-13-7-9/h4,12H,2-3,5-7,10H2,1H3. The maximum atomic E-state index is 10.4. The number of rotatable bonds is 4. The van der Waals surface area contributed by atoms with Crippen LogP contribution in [0.4, 0.5) is 0 Å². The minimum Gasteiger partial charge on any atom is -0.389 e. The molecule has 0 aliphatic carbocycles.